The normalized spacial score (nSPS) is 19.0. The molecule has 36 heavy (non-hydrogen) atoms. The van der Waals surface area contributed by atoms with Gasteiger partial charge in [0, 0.05) is 32.5 Å². The summed E-state index contributed by atoms with van der Waals surface area (Å²) in [6.45, 7) is 5.23. The highest BCUT2D eigenvalue weighted by Gasteiger charge is 2.30. The van der Waals surface area contributed by atoms with Crippen molar-refractivity contribution in [3.63, 3.8) is 0 Å². The Morgan fingerprint density at radius 3 is 2.36 bits per heavy atom. The molecule has 5 nitrogen and oxygen atoms in total. The third-order valence-electron chi connectivity index (χ3n) is 7.77. The number of fused-ring (bicyclic) bond motifs is 1. The van der Waals surface area contributed by atoms with E-state index in [0.29, 0.717) is 31.1 Å². The van der Waals surface area contributed by atoms with Gasteiger partial charge in [0.1, 0.15) is 11.6 Å². The van der Waals surface area contributed by atoms with Crippen molar-refractivity contribution in [2.75, 3.05) is 44.7 Å². The maximum atomic E-state index is 14.3. The van der Waals surface area contributed by atoms with Gasteiger partial charge in [-0.05, 0) is 86.5 Å². The minimum absolute atomic E-state index is 0.00617. The highest BCUT2D eigenvalue weighted by molar-refractivity contribution is 5.96. The van der Waals surface area contributed by atoms with Crippen LogP contribution in [0.5, 0.6) is 0 Å². The monoisotopic (exact) mass is 497 g/mol. The van der Waals surface area contributed by atoms with E-state index in [4.69, 9.17) is 0 Å². The first-order valence-electron chi connectivity index (χ1n) is 13.2. The van der Waals surface area contributed by atoms with Crippen molar-refractivity contribution in [2.24, 2.45) is 5.92 Å². The Bertz CT molecular complexity index is 1050. The van der Waals surface area contributed by atoms with Gasteiger partial charge in [0.15, 0.2) is 0 Å². The maximum absolute atomic E-state index is 14.3. The zero-order valence-corrected chi connectivity index (χ0v) is 21.4. The molecular weight excluding hydrogens is 460 g/mol. The van der Waals surface area contributed by atoms with Gasteiger partial charge in [-0.2, -0.15) is 0 Å². The van der Waals surface area contributed by atoms with E-state index in [0.717, 1.165) is 62.9 Å². The van der Waals surface area contributed by atoms with E-state index in [1.54, 1.807) is 23.1 Å². The second-order valence-electron chi connectivity index (χ2n) is 10.2. The number of rotatable bonds is 7. The number of hydrogen-bond donors (Lipinski definition) is 0. The Morgan fingerprint density at radius 2 is 1.67 bits per heavy atom. The lowest BCUT2D eigenvalue weighted by Gasteiger charge is -2.34. The molecule has 1 unspecified atom stereocenters. The average molecular weight is 498 g/mol. The van der Waals surface area contributed by atoms with Gasteiger partial charge in [-0.25, -0.2) is 8.78 Å². The molecule has 0 saturated carbocycles. The molecule has 2 aliphatic heterocycles. The number of carbonyl (C=O) groups excluding carboxylic acids is 2. The van der Waals surface area contributed by atoms with Crippen LogP contribution in [0.15, 0.2) is 42.5 Å². The zero-order chi connectivity index (χ0) is 25.7. The molecule has 1 saturated heterocycles. The Kier molecular flexibility index (Phi) is 8.72. The van der Waals surface area contributed by atoms with Gasteiger partial charge in [0.25, 0.3) is 0 Å². The number of amides is 2. The van der Waals surface area contributed by atoms with Crippen molar-refractivity contribution in [2.45, 2.75) is 51.4 Å². The standard InChI is InChI=1S/C29H37F2N3O2/c1-3-28(35)32(2)16-12-21-13-17-33(18-14-21)20-29(36)34-15-4-5-25(22-6-8-23(30)9-7-22)26-11-10-24(31)19-27(26)34/h6-11,19,21,25H,3-5,12-18,20H2,1-2H3. The molecule has 0 N–H and O–H groups in total. The van der Waals surface area contributed by atoms with Gasteiger partial charge < -0.3 is 9.80 Å². The van der Waals surface area contributed by atoms with Gasteiger partial charge in [-0.1, -0.05) is 25.1 Å². The van der Waals surface area contributed by atoms with E-state index >= 15 is 0 Å². The summed E-state index contributed by atoms with van der Waals surface area (Å²) in [6, 6.07) is 11.2. The lowest BCUT2D eigenvalue weighted by Crippen LogP contribution is -2.44. The molecule has 1 atom stereocenters. The lowest BCUT2D eigenvalue weighted by atomic mass is 9.87. The van der Waals surface area contributed by atoms with E-state index < -0.39 is 0 Å². The smallest absolute Gasteiger partial charge is 0.241 e. The van der Waals surface area contributed by atoms with Gasteiger partial charge in [0.05, 0.1) is 12.2 Å². The number of nitrogens with zero attached hydrogens (tertiary/aromatic N) is 3. The molecule has 4 rings (SSSR count). The summed E-state index contributed by atoms with van der Waals surface area (Å²) >= 11 is 0. The predicted octanol–water partition coefficient (Wildman–Crippen LogP) is 5.19. The highest BCUT2D eigenvalue weighted by atomic mass is 19.1. The summed E-state index contributed by atoms with van der Waals surface area (Å²) in [6.07, 6.45) is 5.15. The summed E-state index contributed by atoms with van der Waals surface area (Å²) in [5.74, 6) is 0.0787. The Morgan fingerprint density at radius 1 is 0.972 bits per heavy atom. The molecule has 0 bridgehead atoms. The number of hydrogen-bond acceptors (Lipinski definition) is 3. The van der Waals surface area contributed by atoms with Crippen molar-refractivity contribution in [1.29, 1.82) is 0 Å². The zero-order valence-electron chi connectivity index (χ0n) is 21.4. The number of piperidine rings is 1. The molecule has 0 aliphatic carbocycles. The third kappa shape index (κ3) is 6.30. The van der Waals surface area contributed by atoms with E-state index in [9.17, 15) is 18.4 Å². The Hall–Kier alpha value is -2.80. The minimum Gasteiger partial charge on any atom is -0.346 e. The number of carbonyl (C=O) groups is 2. The van der Waals surface area contributed by atoms with Gasteiger partial charge in [-0.3, -0.25) is 14.5 Å². The van der Waals surface area contributed by atoms with Crippen LogP contribution in [0, 0.1) is 17.6 Å². The molecule has 2 amide bonds. The average Bonchev–Trinajstić information content (AvgIpc) is 3.07. The second-order valence-corrected chi connectivity index (χ2v) is 10.2. The van der Waals surface area contributed by atoms with Crippen LogP contribution in [0.2, 0.25) is 0 Å². The maximum Gasteiger partial charge on any atom is 0.241 e. The Labute approximate surface area is 213 Å². The molecule has 2 aromatic carbocycles. The fraction of sp³-hybridized carbons (Fsp3) is 0.517. The number of halogens is 2. The first-order chi connectivity index (χ1) is 17.4. The minimum atomic E-state index is -0.362. The molecular formula is C29H37F2N3O2. The molecule has 7 heteroatoms. The van der Waals surface area contributed by atoms with Crippen LogP contribution in [-0.4, -0.2) is 61.4 Å². The van der Waals surface area contributed by atoms with Crippen molar-refractivity contribution < 1.29 is 18.4 Å². The topological polar surface area (TPSA) is 43.9 Å². The third-order valence-corrected chi connectivity index (χ3v) is 7.77. The summed E-state index contributed by atoms with van der Waals surface area (Å²) in [7, 11) is 1.86. The fourth-order valence-corrected chi connectivity index (χ4v) is 5.56. The summed E-state index contributed by atoms with van der Waals surface area (Å²) in [5, 5.41) is 0. The molecule has 0 radical (unpaired) electrons. The molecule has 0 spiro atoms. The summed E-state index contributed by atoms with van der Waals surface area (Å²) in [4.78, 5) is 31.0. The quantitative estimate of drug-likeness (QED) is 0.529. The number of likely N-dealkylation sites (tertiary alicyclic amines) is 1. The van der Waals surface area contributed by atoms with Crippen LogP contribution < -0.4 is 4.90 Å². The van der Waals surface area contributed by atoms with Gasteiger partial charge in [-0.15, -0.1) is 0 Å². The molecule has 2 aliphatic rings. The van der Waals surface area contributed by atoms with E-state index in [2.05, 4.69) is 4.90 Å². The van der Waals surface area contributed by atoms with Crippen LogP contribution in [0.3, 0.4) is 0 Å². The van der Waals surface area contributed by atoms with E-state index in [1.807, 2.05) is 18.9 Å². The van der Waals surface area contributed by atoms with Crippen molar-refractivity contribution in [3.8, 4) is 0 Å². The molecule has 2 heterocycles. The van der Waals surface area contributed by atoms with E-state index in [-0.39, 0.29) is 29.4 Å². The second kappa shape index (κ2) is 12.0. The van der Waals surface area contributed by atoms with Gasteiger partial charge in [0.2, 0.25) is 11.8 Å². The molecule has 0 aromatic heterocycles. The lowest BCUT2D eigenvalue weighted by molar-refractivity contribution is -0.129. The largest absolute Gasteiger partial charge is 0.346 e. The van der Waals surface area contributed by atoms with E-state index in [1.165, 1.54) is 24.3 Å². The molecule has 194 valence electrons. The number of benzene rings is 2. The highest BCUT2D eigenvalue weighted by Crippen LogP contribution is 2.39. The van der Waals surface area contributed by atoms with Gasteiger partial charge >= 0.3 is 0 Å². The van der Waals surface area contributed by atoms with Crippen LogP contribution in [-0.2, 0) is 9.59 Å². The van der Waals surface area contributed by atoms with Crippen LogP contribution in [0.25, 0.3) is 0 Å². The van der Waals surface area contributed by atoms with Crippen LogP contribution >= 0.6 is 0 Å². The molecule has 2 aromatic rings. The van der Waals surface area contributed by atoms with Crippen LogP contribution in [0.4, 0.5) is 14.5 Å². The predicted molar refractivity (Wildman–Crippen MR) is 138 cm³/mol. The first-order valence-corrected chi connectivity index (χ1v) is 13.2. The van der Waals surface area contributed by atoms with Crippen molar-refractivity contribution in [1.82, 2.24) is 9.80 Å². The van der Waals surface area contributed by atoms with Crippen molar-refractivity contribution in [3.05, 3.63) is 65.2 Å². The SMILES string of the molecule is CCC(=O)N(C)CCC1CCN(CC(=O)N2CCCC(c3ccc(F)cc3)c3ccc(F)cc32)CC1. The Balaban J connectivity index is 1.40. The van der Waals surface area contributed by atoms with Crippen LogP contribution in [0.1, 0.15) is 62.5 Å². The summed E-state index contributed by atoms with van der Waals surface area (Å²) < 4.78 is 27.8. The van der Waals surface area contributed by atoms with Crippen molar-refractivity contribution >= 4 is 17.5 Å². The summed E-state index contributed by atoms with van der Waals surface area (Å²) in [5.41, 5.74) is 2.52. The molecule has 1 fully saturated rings. The fourth-order valence-electron chi connectivity index (χ4n) is 5.56. The first kappa shape index (κ1) is 26.3. The number of anilines is 1.